The van der Waals surface area contributed by atoms with E-state index in [9.17, 15) is 0 Å². The summed E-state index contributed by atoms with van der Waals surface area (Å²) in [4.78, 5) is 9.45. The van der Waals surface area contributed by atoms with E-state index in [4.69, 9.17) is 18.8 Å². The Morgan fingerprint density at radius 3 is 1.15 bits per heavy atom. The van der Waals surface area contributed by atoms with Gasteiger partial charge in [-0.15, -0.1) is 0 Å². The molecule has 3 aliphatic rings. The number of aromatic nitrogens is 2. The van der Waals surface area contributed by atoms with Gasteiger partial charge in [-0.3, -0.25) is 9.97 Å². The third-order valence-corrected chi connectivity index (χ3v) is 21.1. The van der Waals surface area contributed by atoms with Crippen molar-refractivity contribution < 1.29 is 8.85 Å². The molecule has 3 aliphatic carbocycles. The largest absolute Gasteiger partial charge is 0.411 e. The summed E-state index contributed by atoms with van der Waals surface area (Å²) >= 11 is 0. The minimum atomic E-state index is -1.87. The highest BCUT2D eigenvalue weighted by Gasteiger charge is 2.42. The highest BCUT2D eigenvalue weighted by molar-refractivity contribution is 6.74. The molecule has 0 atom stereocenters. The maximum absolute atomic E-state index is 6.42. The van der Waals surface area contributed by atoms with Crippen LogP contribution in [0.25, 0.3) is 0 Å². The number of benzene rings is 3. The minimum Gasteiger partial charge on any atom is -0.411 e. The van der Waals surface area contributed by atoms with E-state index in [1.807, 2.05) is 36.7 Å². The number of hydrogen-bond acceptors (Lipinski definition) is 4. The number of rotatable bonds is 6. The normalized spacial score (nSPS) is 16.0. The molecule has 0 amide bonds. The van der Waals surface area contributed by atoms with Crippen LogP contribution >= 0.6 is 0 Å². The second-order valence-corrected chi connectivity index (χ2v) is 27.4. The van der Waals surface area contributed by atoms with Gasteiger partial charge in [0.05, 0.1) is 24.6 Å². The zero-order valence-electron chi connectivity index (χ0n) is 33.5. The summed E-state index contributed by atoms with van der Waals surface area (Å²) in [6.07, 6.45) is 3.72. The van der Waals surface area contributed by atoms with Gasteiger partial charge in [-0.05, 0) is 106 Å². The molecule has 0 saturated heterocycles. The molecule has 0 saturated carbocycles. The number of pyridine rings is 2. The van der Waals surface area contributed by atoms with E-state index in [0.29, 0.717) is 13.2 Å². The summed E-state index contributed by atoms with van der Waals surface area (Å²) in [5, 5.41) is 0.300. The molecular formula is C48H52N2O2Si2. The van der Waals surface area contributed by atoms with E-state index >= 15 is 0 Å². The lowest BCUT2D eigenvalue weighted by molar-refractivity contribution is 0.272. The zero-order chi connectivity index (χ0) is 38.5. The first-order valence-corrected chi connectivity index (χ1v) is 24.9. The van der Waals surface area contributed by atoms with E-state index in [-0.39, 0.29) is 21.9 Å². The quantitative estimate of drug-likeness (QED) is 0.126. The molecule has 0 fully saturated rings. The van der Waals surface area contributed by atoms with Gasteiger partial charge in [-0.2, -0.15) is 0 Å². The summed E-state index contributed by atoms with van der Waals surface area (Å²) in [7, 11) is -3.74. The molecule has 4 nitrogen and oxygen atoms in total. The Kier molecular flexibility index (Phi) is 9.96. The van der Waals surface area contributed by atoms with Crippen LogP contribution in [0.3, 0.4) is 0 Å². The van der Waals surface area contributed by atoms with Crippen molar-refractivity contribution in [3.63, 3.8) is 0 Å². The molecule has 2 aromatic heterocycles. The second kappa shape index (κ2) is 14.3. The van der Waals surface area contributed by atoms with E-state index in [1.165, 1.54) is 33.4 Å². The van der Waals surface area contributed by atoms with E-state index < -0.39 is 16.6 Å². The first-order valence-electron chi connectivity index (χ1n) is 19.1. The zero-order valence-corrected chi connectivity index (χ0v) is 35.5. The van der Waals surface area contributed by atoms with Gasteiger partial charge >= 0.3 is 0 Å². The van der Waals surface area contributed by atoms with Crippen LogP contribution in [0.2, 0.25) is 36.3 Å². The van der Waals surface area contributed by atoms with Crippen molar-refractivity contribution in [2.45, 2.75) is 103 Å². The molecule has 274 valence electrons. The predicted molar refractivity (Wildman–Crippen MR) is 226 cm³/mol. The third-order valence-electron chi connectivity index (χ3n) is 12.2. The van der Waals surface area contributed by atoms with Gasteiger partial charge in [0.25, 0.3) is 0 Å². The summed E-state index contributed by atoms with van der Waals surface area (Å²) in [5.74, 6) is 14.2. The number of hydrogen-bond donors (Lipinski definition) is 0. The van der Waals surface area contributed by atoms with Crippen molar-refractivity contribution in [3.05, 3.63) is 164 Å². The molecule has 0 spiro atoms. The van der Waals surface area contributed by atoms with Gasteiger partial charge in [-0.1, -0.05) is 114 Å². The van der Waals surface area contributed by atoms with Crippen LogP contribution in [0.4, 0.5) is 0 Å². The lowest BCUT2D eigenvalue weighted by Crippen LogP contribution is -2.40. The number of nitrogens with zero attached hydrogens (tertiary/aromatic N) is 2. The lowest BCUT2D eigenvalue weighted by atomic mass is 9.60. The van der Waals surface area contributed by atoms with Crippen LogP contribution in [0.5, 0.6) is 0 Å². The second-order valence-electron chi connectivity index (χ2n) is 17.8. The molecule has 0 unspecified atom stereocenters. The molecule has 0 aliphatic heterocycles. The van der Waals surface area contributed by atoms with Gasteiger partial charge in [0, 0.05) is 46.5 Å². The fourth-order valence-corrected chi connectivity index (χ4v) is 8.69. The summed E-state index contributed by atoms with van der Waals surface area (Å²) in [5.41, 5.74) is 13.6. The molecule has 54 heavy (non-hydrogen) atoms. The molecule has 6 heteroatoms. The lowest BCUT2D eigenvalue weighted by Gasteiger charge is -2.42. The Hall–Kier alpha value is -4.57. The maximum atomic E-state index is 6.42. The van der Waals surface area contributed by atoms with Gasteiger partial charge < -0.3 is 8.85 Å². The Labute approximate surface area is 325 Å². The van der Waals surface area contributed by atoms with Crippen LogP contribution < -0.4 is 0 Å². The smallest absolute Gasteiger partial charge is 0.192 e. The average molecular weight is 745 g/mol. The first-order chi connectivity index (χ1) is 25.5. The summed E-state index contributed by atoms with van der Waals surface area (Å²) in [6.45, 7) is 23.6. The highest BCUT2D eigenvalue weighted by atomic mass is 28.4. The molecule has 2 bridgehead atoms. The standard InChI is InChI=1S/C48H52N2O2Si2/c1-47(2,3)53(7,8)51-31-37-25-21-33(29-49-37)19-23-35-27-43-44(46-41-17-13-11-15-39(41)45(43)40-16-12-14-18-42(40)46)28-36(35)24-20-34-22-26-38(50-30-34)32-52-54(9,10)48(4,5)6/h11-18,21-22,25-30,45-46H,31-32H2,1-10H3. The molecule has 0 radical (unpaired) electrons. The topological polar surface area (TPSA) is 44.2 Å². The fourth-order valence-electron chi connectivity index (χ4n) is 6.81. The third kappa shape index (κ3) is 7.42. The predicted octanol–water partition coefficient (Wildman–Crippen LogP) is 11.3. The van der Waals surface area contributed by atoms with Crippen LogP contribution in [-0.2, 0) is 22.1 Å². The Balaban J connectivity index is 1.22. The Morgan fingerprint density at radius 1 is 0.500 bits per heavy atom. The van der Waals surface area contributed by atoms with Crippen LogP contribution in [-0.4, -0.2) is 26.6 Å². The molecule has 8 rings (SSSR count). The Morgan fingerprint density at radius 2 is 0.852 bits per heavy atom. The van der Waals surface area contributed by atoms with Crippen molar-refractivity contribution in [1.29, 1.82) is 0 Å². The Bertz CT molecular complexity index is 2110. The molecule has 3 aromatic carbocycles. The minimum absolute atomic E-state index is 0.150. The van der Waals surface area contributed by atoms with E-state index in [1.54, 1.807) is 0 Å². The van der Waals surface area contributed by atoms with Crippen LogP contribution in [0, 0.1) is 23.7 Å². The van der Waals surface area contributed by atoms with E-state index in [2.05, 4.69) is 152 Å². The molecule has 0 N–H and O–H groups in total. The van der Waals surface area contributed by atoms with Crippen molar-refractivity contribution in [2.75, 3.05) is 0 Å². The maximum Gasteiger partial charge on any atom is 0.192 e. The van der Waals surface area contributed by atoms with Gasteiger partial charge in [0.2, 0.25) is 0 Å². The molecular weight excluding hydrogens is 693 g/mol. The van der Waals surface area contributed by atoms with Gasteiger partial charge in [0.1, 0.15) is 0 Å². The van der Waals surface area contributed by atoms with E-state index in [0.717, 1.165) is 33.6 Å². The van der Waals surface area contributed by atoms with Crippen LogP contribution in [0.15, 0.2) is 97.3 Å². The van der Waals surface area contributed by atoms with Crippen molar-refractivity contribution in [1.82, 2.24) is 9.97 Å². The van der Waals surface area contributed by atoms with Crippen LogP contribution in [0.1, 0.15) is 120 Å². The monoisotopic (exact) mass is 744 g/mol. The highest BCUT2D eigenvalue weighted by Crippen LogP contribution is 2.56. The molecule has 2 heterocycles. The van der Waals surface area contributed by atoms with Gasteiger partial charge in [0.15, 0.2) is 16.6 Å². The van der Waals surface area contributed by atoms with Crippen molar-refractivity contribution >= 4 is 16.6 Å². The summed E-state index contributed by atoms with van der Waals surface area (Å²) < 4.78 is 12.8. The van der Waals surface area contributed by atoms with Crippen molar-refractivity contribution in [3.8, 4) is 23.7 Å². The van der Waals surface area contributed by atoms with Crippen molar-refractivity contribution in [2.24, 2.45) is 0 Å². The SMILES string of the molecule is CC(C)(C)[Si](C)(C)OCc1ccc(C#Cc2cc3c(cc2C#Cc2ccc(CO[Si](C)(C)C(C)(C)C)nc2)C2c4ccccc4C3c3ccccc32)cn1. The average Bonchev–Trinajstić information content (AvgIpc) is 3.14. The summed E-state index contributed by atoms with van der Waals surface area (Å²) in [6, 6.07) is 30.6. The first kappa shape index (κ1) is 37.7. The molecule has 5 aromatic rings. The van der Waals surface area contributed by atoms with Gasteiger partial charge in [-0.25, -0.2) is 0 Å². The fraction of sp³-hybridized carbons (Fsp3) is 0.333.